The highest BCUT2D eigenvalue weighted by molar-refractivity contribution is 5.85. The number of hydrogen-bond acceptors (Lipinski definition) is 6. The molecule has 0 saturated carbocycles. The van der Waals surface area contributed by atoms with Gasteiger partial charge in [0.05, 0.1) is 6.61 Å². The van der Waals surface area contributed by atoms with Gasteiger partial charge < -0.3 is 19.3 Å². The molecule has 31 heavy (non-hydrogen) atoms. The van der Waals surface area contributed by atoms with Crippen LogP contribution in [0.2, 0.25) is 0 Å². The molecule has 0 aliphatic carbocycles. The molecule has 3 aromatic carbocycles. The maximum absolute atomic E-state index is 12.6. The van der Waals surface area contributed by atoms with Gasteiger partial charge in [-0.25, -0.2) is 9.59 Å². The fourth-order valence-corrected chi connectivity index (χ4v) is 2.80. The van der Waals surface area contributed by atoms with Crippen LogP contribution in [0.25, 0.3) is 0 Å². The highest BCUT2D eigenvalue weighted by Gasteiger charge is 2.36. The van der Waals surface area contributed by atoms with Crippen LogP contribution in [0, 0.1) is 0 Å². The molecule has 160 valence electrons. The largest absolute Gasteiger partial charge is 0.459 e. The second kappa shape index (κ2) is 11.6. The van der Waals surface area contributed by atoms with Crippen LogP contribution in [0.15, 0.2) is 91.0 Å². The van der Waals surface area contributed by atoms with Gasteiger partial charge in [0, 0.05) is 0 Å². The first-order chi connectivity index (χ1) is 15.1. The summed E-state index contributed by atoms with van der Waals surface area (Å²) in [5, 5.41) is 10.5. The Morgan fingerprint density at radius 2 is 1.00 bits per heavy atom. The molecule has 0 bridgehead atoms. The monoisotopic (exact) mass is 420 g/mol. The summed E-state index contributed by atoms with van der Waals surface area (Å²) in [6.07, 6.45) is -3.34. The molecule has 0 amide bonds. The van der Waals surface area contributed by atoms with Crippen LogP contribution in [0.3, 0.4) is 0 Å². The van der Waals surface area contributed by atoms with Crippen LogP contribution in [0.5, 0.6) is 0 Å². The van der Waals surface area contributed by atoms with Crippen LogP contribution >= 0.6 is 0 Å². The van der Waals surface area contributed by atoms with Gasteiger partial charge in [0.1, 0.15) is 13.2 Å². The molecule has 3 aromatic rings. The second-order valence-corrected chi connectivity index (χ2v) is 6.85. The van der Waals surface area contributed by atoms with Crippen LogP contribution in [-0.2, 0) is 43.6 Å². The standard InChI is InChI=1S/C25H24O6/c26-22(24(27)30-17-20-12-6-2-7-13-20)23(29-16-19-10-4-1-5-11-19)25(28)31-18-21-14-8-3-9-15-21/h1-15,22-23,26H,16-18H2/t22-,23-/m1/s1. The van der Waals surface area contributed by atoms with Gasteiger partial charge in [-0.2, -0.15) is 0 Å². The van der Waals surface area contributed by atoms with Crippen molar-refractivity contribution in [3.63, 3.8) is 0 Å². The molecular weight excluding hydrogens is 396 g/mol. The highest BCUT2D eigenvalue weighted by atomic mass is 16.6. The normalized spacial score (nSPS) is 12.5. The minimum absolute atomic E-state index is 0.00332. The van der Waals surface area contributed by atoms with Crippen molar-refractivity contribution in [2.24, 2.45) is 0 Å². The van der Waals surface area contributed by atoms with Crippen molar-refractivity contribution >= 4 is 11.9 Å². The van der Waals surface area contributed by atoms with Gasteiger partial charge in [-0.15, -0.1) is 0 Å². The van der Waals surface area contributed by atoms with Crippen molar-refractivity contribution in [2.45, 2.75) is 32.0 Å². The third kappa shape index (κ3) is 7.06. The third-order valence-corrected chi connectivity index (χ3v) is 4.48. The number of carbonyl (C=O) groups is 2. The summed E-state index contributed by atoms with van der Waals surface area (Å²) in [6.45, 7) is -0.00712. The van der Waals surface area contributed by atoms with Crippen LogP contribution < -0.4 is 0 Å². The molecule has 0 aliphatic rings. The van der Waals surface area contributed by atoms with Crippen LogP contribution in [0.4, 0.5) is 0 Å². The van der Waals surface area contributed by atoms with E-state index in [1.807, 2.05) is 66.7 Å². The molecule has 0 spiro atoms. The van der Waals surface area contributed by atoms with E-state index >= 15 is 0 Å². The summed E-state index contributed by atoms with van der Waals surface area (Å²) in [4.78, 5) is 25.0. The molecule has 6 heteroatoms. The van der Waals surface area contributed by atoms with E-state index in [1.165, 1.54) is 0 Å². The van der Waals surface area contributed by atoms with E-state index in [1.54, 1.807) is 24.3 Å². The summed E-state index contributed by atoms with van der Waals surface area (Å²) in [7, 11) is 0. The zero-order valence-corrected chi connectivity index (χ0v) is 16.9. The lowest BCUT2D eigenvalue weighted by Crippen LogP contribution is -2.43. The minimum Gasteiger partial charge on any atom is -0.459 e. The summed E-state index contributed by atoms with van der Waals surface area (Å²) in [5.74, 6) is -1.80. The number of ether oxygens (including phenoxy) is 3. The van der Waals surface area contributed by atoms with E-state index in [0.29, 0.717) is 0 Å². The van der Waals surface area contributed by atoms with E-state index in [9.17, 15) is 14.7 Å². The van der Waals surface area contributed by atoms with Crippen molar-refractivity contribution in [3.8, 4) is 0 Å². The number of aliphatic hydroxyl groups excluding tert-OH is 1. The Labute approximate surface area is 181 Å². The van der Waals surface area contributed by atoms with Gasteiger partial charge in [0.15, 0.2) is 12.2 Å². The summed E-state index contributed by atoms with van der Waals surface area (Å²) in [6, 6.07) is 27.3. The van der Waals surface area contributed by atoms with Crippen molar-refractivity contribution < 1.29 is 28.9 Å². The Hall–Kier alpha value is -3.48. The molecule has 0 aromatic heterocycles. The topological polar surface area (TPSA) is 82.1 Å². The molecule has 1 N–H and O–H groups in total. The maximum Gasteiger partial charge on any atom is 0.338 e. The fourth-order valence-electron chi connectivity index (χ4n) is 2.80. The predicted octanol–water partition coefficient (Wildman–Crippen LogP) is 3.42. The van der Waals surface area contributed by atoms with Crippen LogP contribution in [0.1, 0.15) is 16.7 Å². The highest BCUT2D eigenvalue weighted by Crippen LogP contribution is 2.12. The summed E-state index contributed by atoms with van der Waals surface area (Å²) in [5.41, 5.74) is 2.32. The fraction of sp³-hybridized carbons (Fsp3) is 0.200. The van der Waals surface area contributed by atoms with Crippen molar-refractivity contribution in [2.75, 3.05) is 0 Å². The van der Waals surface area contributed by atoms with E-state index in [4.69, 9.17) is 14.2 Å². The maximum atomic E-state index is 12.6. The first-order valence-electron chi connectivity index (χ1n) is 9.88. The third-order valence-electron chi connectivity index (χ3n) is 4.48. The molecule has 2 atom stereocenters. The zero-order valence-electron chi connectivity index (χ0n) is 16.9. The van der Waals surface area contributed by atoms with E-state index < -0.39 is 24.1 Å². The zero-order chi connectivity index (χ0) is 21.9. The van der Waals surface area contributed by atoms with Gasteiger partial charge in [0.2, 0.25) is 0 Å². The number of rotatable bonds is 10. The number of hydrogen-bond donors (Lipinski definition) is 1. The summed E-state index contributed by atoms with van der Waals surface area (Å²) >= 11 is 0. The first kappa shape index (κ1) is 22.2. The average Bonchev–Trinajstić information content (AvgIpc) is 2.83. The first-order valence-corrected chi connectivity index (χ1v) is 9.88. The molecule has 0 saturated heterocycles. The molecular formula is C25H24O6. The van der Waals surface area contributed by atoms with Gasteiger partial charge in [-0.1, -0.05) is 91.0 Å². The Morgan fingerprint density at radius 1 is 0.613 bits per heavy atom. The molecule has 0 aliphatic heterocycles. The molecule has 3 rings (SSSR count). The lowest BCUT2D eigenvalue weighted by molar-refractivity contribution is -0.180. The Morgan fingerprint density at radius 3 is 1.45 bits per heavy atom. The second-order valence-electron chi connectivity index (χ2n) is 6.85. The van der Waals surface area contributed by atoms with Gasteiger partial charge in [0.25, 0.3) is 0 Å². The average molecular weight is 420 g/mol. The Balaban J connectivity index is 1.64. The molecule has 0 radical (unpaired) electrons. The SMILES string of the molecule is O=C(OCc1ccccc1)[C@H](O)[C@@H](OCc1ccccc1)C(=O)OCc1ccccc1. The van der Waals surface area contributed by atoms with Gasteiger partial charge >= 0.3 is 11.9 Å². The van der Waals surface area contributed by atoms with E-state index in [-0.39, 0.29) is 19.8 Å². The minimum atomic E-state index is -1.82. The Bertz CT molecular complexity index is 944. The van der Waals surface area contributed by atoms with Crippen molar-refractivity contribution in [3.05, 3.63) is 108 Å². The van der Waals surface area contributed by atoms with Crippen molar-refractivity contribution in [1.29, 1.82) is 0 Å². The van der Waals surface area contributed by atoms with Gasteiger partial charge in [-0.05, 0) is 16.7 Å². The Kier molecular flexibility index (Phi) is 8.34. The summed E-state index contributed by atoms with van der Waals surface area (Å²) < 4.78 is 16.0. The number of aliphatic hydroxyl groups is 1. The molecule has 0 unspecified atom stereocenters. The number of esters is 2. The number of benzene rings is 3. The molecule has 0 fully saturated rings. The van der Waals surface area contributed by atoms with Crippen molar-refractivity contribution in [1.82, 2.24) is 0 Å². The van der Waals surface area contributed by atoms with Crippen LogP contribution in [-0.4, -0.2) is 29.3 Å². The smallest absolute Gasteiger partial charge is 0.338 e. The lowest BCUT2D eigenvalue weighted by Gasteiger charge is -2.21. The van der Waals surface area contributed by atoms with Gasteiger partial charge in [-0.3, -0.25) is 0 Å². The molecule has 0 heterocycles. The quantitative estimate of drug-likeness (QED) is 0.506. The molecule has 6 nitrogen and oxygen atoms in total. The van der Waals surface area contributed by atoms with E-state index in [0.717, 1.165) is 16.7 Å². The number of carbonyl (C=O) groups excluding carboxylic acids is 2. The predicted molar refractivity (Wildman–Crippen MR) is 114 cm³/mol. The lowest BCUT2D eigenvalue weighted by atomic mass is 10.2. The van der Waals surface area contributed by atoms with E-state index in [2.05, 4.69) is 0 Å².